The van der Waals surface area contributed by atoms with Crippen LogP contribution < -0.4 is 4.74 Å². The zero-order valence-electron chi connectivity index (χ0n) is 11.4. The number of benzene rings is 2. The van der Waals surface area contributed by atoms with Gasteiger partial charge >= 0.3 is 5.97 Å². The number of halogens is 1. The number of hydrogen-bond donors (Lipinski definition) is 0. The molecule has 0 heterocycles. The van der Waals surface area contributed by atoms with E-state index in [1.54, 1.807) is 13.0 Å². The summed E-state index contributed by atoms with van der Waals surface area (Å²) < 4.78 is 5.15. The number of esters is 1. The van der Waals surface area contributed by atoms with Gasteiger partial charge in [0, 0.05) is 5.92 Å². The van der Waals surface area contributed by atoms with Crippen molar-refractivity contribution in [2.75, 3.05) is 5.33 Å². The van der Waals surface area contributed by atoms with Gasteiger partial charge in [-0.15, -0.1) is 0 Å². The van der Waals surface area contributed by atoms with Gasteiger partial charge in [0.1, 0.15) is 16.9 Å². The highest BCUT2D eigenvalue weighted by Gasteiger charge is 2.11. The summed E-state index contributed by atoms with van der Waals surface area (Å²) in [5.74, 6) is 0.234. The minimum absolute atomic E-state index is 0.106. The summed E-state index contributed by atoms with van der Waals surface area (Å²) in [5.41, 5.74) is 0.996. The molecule has 3 nitrogen and oxygen atoms in total. The summed E-state index contributed by atoms with van der Waals surface area (Å²) in [6.45, 7) is 3.49. The van der Waals surface area contributed by atoms with Gasteiger partial charge in [-0.25, -0.2) is 0 Å². The lowest BCUT2D eigenvalue weighted by molar-refractivity contribution is -0.131. The van der Waals surface area contributed by atoms with Crippen molar-refractivity contribution in [1.29, 1.82) is 0 Å². The fraction of sp³-hybridized carbons (Fsp3) is 0.250. The molecule has 0 saturated carbocycles. The first-order chi connectivity index (χ1) is 9.51. The van der Waals surface area contributed by atoms with Crippen LogP contribution in [-0.2, 0) is 9.59 Å². The molecule has 2 aromatic carbocycles. The molecule has 0 amide bonds. The van der Waals surface area contributed by atoms with E-state index >= 15 is 0 Å². The van der Waals surface area contributed by atoms with E-state index in [9.17, 15) is 9.59 Å². The van der Waals surface area contributed by atoms with Crippen LogP contribution in [0.4, 0.5) is 0 Å². The van der Waals surface area contributed by atoms with E-state index in [0.717, 1.165) is 16.3 Å². The molecule has 0 bridgehead atoms. The standard InChI is InChI=1S/C16H15BrO3/c1-10(11(2)18)12-3-4-14-8-15(20-16(19)9-17)6-5-13(14)7-12/h3-8,10H,9H2,1-2H3. The minimum Gasteiger partial charge on any atom is -0.426 e. The molecule has 0 aliphatic heterocycles. The number of alkyl halides is 1. The Morgan fingerprint density at radius 2 is 1.80 bits per heavy atom. The third-order valence-corrected chi connectivity index (χ3v) is 3.74. The van der Waals surface area contributed by atoms with E-state index in [-0.39, 0.29) is 23.0 Å². The second kappa shape index (κ2) is 6.18. The van der Waals surface area contributed by atoms with Crippen molar-refractivity contribution in [3.63, 3.8) is 0 Å². The first-order valence-electron chi connectivity index (χ1n) is 6.32. The summed E-state index contributed by atoms with van der Waals surface area (Å²) in [6.07, 6.45) is 0. The Kier molecular flexibility index (Phi) is 4.55. The van der Waals surface area contributed by atoms with Gasteiger partial charge in [-0.05, 0) is 35.4 Å². The van der Waals surface area contributed by atoms with Crippen LogP contribution in [0.1, 0.15) is 25.3 Å². The largest absolute Gasteiger partial charge is 0.426 e. The van der Waals surface area contributed by atoms with E-state index in [0.29, 0.717) is 5.75 Å². The van der Waals surface area contributed by atoms with Crippen molar-refractivity contribution in [2.24, 2.45) is 0 Å². The lowest BCUT2D eigenvalue weighted by Gasteiger charge is -2.10. The van der Waals surface area contributed by atoms with E-state index < -0.39 is 0 Å². The van der Waals surface area contributed by atoms with Gasteiger partial charge in [0.15, 0.2) is 0 Å². The molecule has 4 heteroatoms. The van der Waals surface area contributed by atoms with E-state index in [1.807, 2.05) is 37.3 Å². The van der Waals surface area contributed by atoms with Gasteiger partial charge in [0.2, 0.25) is 0 Å². The fourth-order valence-corrected chi connectivity index (χ4v) is 2.08. The molecule has 0 N–H and O–H groups in total. The lowest BCUT2D eigenvalue weighted by Crippen LogP contribution is -2.08. The number of rotatable bonds is 4. The molecule has 2 rings (SSSR count). The van der Waals surface area contributed by atoms with Crippen LogP contribution in [0.15, 0.2) is 36.4 Å². The number of ketones is 1. The molecule has 0 radical (unpaired) electrons. The Hall–Kier alpha value is -1.68. The number of hydrogen-bond acceptors (Lipinski definition) is 3. The van der Waals surface area contributed by atoms with E-state index in [1.165, 1.54) is 0 Å². The molecule has 104 valence electrons. The van der Waals surface area contributed by atoms with Crippen LogP contribution >= 0.6 is 15.9 Å². The van der Waals surface area contributed by atoms with Crippen LogP contribution in [0.3, 0.4) is 0 Å². The monoisotopic (exact) mass is 334 g/mol. The third-order valence-electron chi connectivity index (χ3n) is 3.29. The quantitative estimate of drug-likeness (QED) is 0.484. The van der Waals surface area contributed by atoms with Crippen molar-refractivity contribution in [3.05, 3.63) is 42.0 Å². The smallest absolute Gasteiger partial charge is 0.321 e. The van der Waals surface area contributed by atoms with Gasteiger partial charge in [-0.2, -0.15) is 0 Å². The van der Waals surface area contributed by atoms with Gasteiger partial charge in [0.25, 0.3) is 0 Å². The van der Waals surface area contributed by atoms with E-state index in [2.05, 4.69) is 15.9 Å². The van der Waals surface area contributed by atoms with Crippen molar-refractivity contribution in [3.8, 4) is 5.75 Å². The number of carbonyl (C=O) groups is 2. The Bertz CT molecular complexity index is 664. The summed E-state index contributed by atoms with van der Waals surface area (Å²) in [6, 6.07) is 11.3. The minimum atomic E-state index is -0.328. The molecule has 0 aliphatic rings. The maximum atomic E-state index is 11.4. The third kappa shape index (κ3) is 3.25. The van der Waals surface area contributed by atoms with Gasteiger partial charge < -0.3 is 4.74 Å². The topological polar surface area (TPSA) is 43.4 Å². The van der Waals surface area contributed by atoms with Crippen LogP contribution in [0.25, 0.3) is 10.8 Å². The van der Waals surface area contributed by atoms with Crippen LogP contribution in [0.5, 0.6) is 5.75 Å². The van der Waals surface area contributed by atoms with Crippen LogP contribution in [-0.4, -0.2) is 17.1 Å². The van der Waals surface area contributed by atoms with Crippen molar-refractivity contribution < 1.29 is 14.3 Å². The van der Waals surface area contributed by atoms with Gasteiger partial charge in [-0.3, -0.25) is 9.59 Å². The predicted molar refractivity (Wildman–Crippen MR) is 82.5 cm³/mol. The average molecular weight is 335 g/mol. The summed E-state index contributed by atoms with van der Waals surface area (Å²) in [5, 5.41) is 2.17. The molecule has 0 fully saturated rings. The van der Waals surface area contributed by atoms with Crippen molar-refractivity contribution in [2.45, 2.75) is 19.8 Å². The zero-order chi connectivity index (χ0) is 14.7. The Labute approximate surface area is 126 Å². The molecule has 2 aromatic rings. The number of fused-ring (bicyclic) bond motifs is 1. The molecule has 20 heavy (non-hydrogen) atoms. The normalized spacial score (nSPS) is 12.2. The van der Waals surface area contributed by atoms with Crippen molar-refractivity contribution in [1.82, 2.24) is 0 Å². The summed E-state index contributed by atoms with van der Waals surface area (Å²) in [7, 11) is 0. The SMILES string of the molecule is CC(=O)C(C)c1ccc2cc(OC(=O)CBr)ccc2c1. The molecular weight excluding hydrogens is 320 g/mol. The Balaban J connectivity index is 2.34. The zero-order valence-corrected chi connectivity index (χ0v) is 12.9. The molecule has 0 aromatic heterocycles. The molecule has 0 aliphatic carbocycles. The lowest BCUT2D eigenvalue weighted by atomic mass is 9.95. The van der Waals surface area contributed by atoms with Crippen LogP contribution in [0.2, 0.25) is 0 Å². The van der Waals surface area contributed by atoms with Gasteiger partial charge in [-0.1, -0.05) is 47.1 Å². The Morgan fingerprint density at radius 1 is 1.15 bits per heavy atom. The maximum Gasteiger partial charge on any atom is 0.321 e. The highest BCUT2D eigenvalue weighted by atomic mass is 79.9. The fourth-order valence-electron chi connectivity index (χ4n) is 1.97. The molecule has 0 spiro atoms. The van der Waals surface area contributed by atoms with Crippen LogP contribution in [0, 0.1) is 0 Å². The second-order valence-corrected chi connectivity index (χ2v) is 5.27. The molecule has 1 unspecified atom stereocenters. The average Bonchev–Trinajstić information content (AvgIpc) is 2.45. The maximum absolute atomic E-state index is 11.4. The van der Waals surface area contributed by atoms with Crippen molar-refractivity contribution >= 4 is 38.5 Å². The first-order valence-corrected chi connectivity index (χ1v) is 7.44. The highest BCUT2D eigenvalue weighted by Crippen LogP contribution is 2.25. The van der Waals surface area contributed by atoms with E-state index in [4.69, 9.17) is 4.74 Å². The second-order valence-electron chi connectivity index (χ2n) is 4.71. The number of ether oxygens (including phenoxy) is 1. The predicted octanol–water partition coefficient (Wildman–Crippen LogP) is 3.83. The first kappa shape index (κ1) is 14.7. The Morgan fingerprint density at radius 3 is 2.45 bits per heavy atom. The summed E-state index contributed by atoms with van der Waals surface area (Å²) in [4.78, 5) is 22.7. The number of carbonyl (C=O) groups excluding carboxylic acids is 2. The van der Waals surface area contributed by atoms with Gasteiger partial charge in [0.05, 0.1) is 0 Å². The summed E-state index contributed by atoms with van der Waals surface area (Å²) >= 11 is 3.05. The highest BCUT2D eigenvalue weighted by molar-refractivity contribution is 9.09. The molecule has 1 atom stereocenters. The molecule has 0 saturated heterocycles. The molecular formula is C16H15BrO3. The number of Topliss-reactive ketones (excluding diaryl/α,β-unsaturated/α-hetero) is 1.